The second-order valence-corrected chi connectivity index (χ2v) is 6.57. The van der Waals surface area contributed by atoms with Crippen LogP contribution in [0.3, 0.4) is 0 Å². The SMILES string of the molecule is CC1(C)C=C(NCc2ccn[nH]2)c2ccc(-c3ccn[nH]3)cc2N1. The minimum absolute atomic E-state index is 0.129. The lowest BCUT2D eigenvalue weighted by atomic mass is 9.92. The summed E-state index contributed by atoms with van der Waals surface area (Å²) in [6, 6.07) is 10.4. The molecule has 0 spiro atoms. The number of anilines is 1. The predicted molar refractivity (Wildman–Crippen MR) is 95.1 cm³/mol. The Morgan fingerprint density at radius 2 is 1.88 bits per heavy atom. The van der Waals surface area contributed by atoms with Crippen LogP contribution in [0.1, 0.15) is 25.1 Å². The number of rotatable bonds is 4. The Bertz CT molecular complexity index is 859. The molecule has 24 heavy (non-hydrogen) atoms. The van der Waals surface area contributed by atoms with Gasteiger partial charge < -0.3 is 10.6 Å². The monoisotopic (exact) mass is 320 g/mol. The first-order valence-electron chi connectivity index (χ1n) is 7.98. The van der Waals surface area contributed by atoms with Gasteiger partial charge in [-0.1, -0.05) is 12.1 Å². The van der Waals surface area contributed by atoms with E-state index >= 15 is 0 Å². The maximum atomic E-state index is 4.03. The minimum Gasteiger partial charge on any atom is -0.379 e. The van der Waals surface area contributed by atoms with Crippen molar-refractivity contribution in [2.24, 2.45) is 0 Å². The van der Waals surface area contributed by atoms with Crippen molar-refractivity contribution in [3.8, 4) is 11.3 Å². The van der Waals surface area contributed by atoms with Gasteiger partial charge in [0.15, 0.2) is 0 Å². The molecule has 0 amide bonds. The van der Waals surface area contributed by atoms with E-state index < -0.39 is 0 Å². The molecule has 1 aliphatic rings. The van der Waals surface area contributed by atoms with Crippen molar-refractivity contribution in [2.45, 2.75) is 25.9 Å². The first-order chi connectivity index (χ1) is 11.6. The molecule has 0 bridgehead atoms. The molecule has 0 saturated carbocycles. The number of H-pyrrole nitrogens is 2. The van der Waals surface area contributed by atoms with Crippen LogP contribution >= 0.6 is 0 Å². The number of aromatic nitrogens is 4. The molecule has 0 fully saturated rings. The van der Waals surface area contributed by atoms with Gasteiger partial charge in [0.2, 0.25) is 0 Å². The molecule has 0 saturated heterocycles. The molecule has 0 unspecified atom stereocenters. The molecule has 6 heteroatoms. The van der Waals surface area contributed by atoms with Crippen LogP contribution in [0.5, 0.6) is 0 Å². The van der Waals surface area contributed by atoms with Gasteiger partial charge in [0, 0.05) is 34.9 Å². The van der Waals surface area contributed by atoms with Crippen molar-refractivity contribution >= 4 is 11.4 Å². The van der Waals surface area contributed by atoms with Crippen molar-refractivity contribution < 1.29 is 0 Å². The number of aromatic amines is 2. The fourth-order valence-corrected chi connectivity index (χ4v) is 3.01. The van der Waals surface area contributed by atoms with Crippen LogP contribution in [0.25, 0.3) is 17.0 Å². The van der Waals surface area contributed by atoms with Gasteiger partial charge in [-0.3, -0.25) is 10.2 Å². The van der Waals surface area contributed by atoms with Gasteiger partial charge in [-0.15, -0.1) is 0 Å². The lowest BCUT2D eigenvalue weighted by molar-refractivity contribution is 0.697. The highest BCUT2D eigenvalue weighted by molar-refractivity contribution is 5.83. The van der Waals surface area contributed by atoms with Crippen molar-refractivity contribution in [2.75, 3.05) is 5.32 Å². The van der Waals surface area contributed by atoms with E-state index in [4.69, 9.17) is 0 Å². The second-order valence-electron chi connectivity index (χ2n) is 6.57. The molecule has 1 aromatic carbocycles. The van der Waals surface area contributed by atoms with Crippen LogP contribution in [0.2, 0.25) is 0 Å². The van der Waals surface area contributed by atoms with Gasteiger partial charge in [0.1, 0.15) is 0 Å². The molecule has 1 aliphatic heterocycles. The third-order valence-electron chi connectivity index (χ3n) is 4.11. The van der Waals surface area contributed by atoms with Gasteiger partial charge in [0.05, 0.1) is 23.5 Å². The molecular weight excluding hydrogens is 300 g/mol. The topological polar surface area (TPSA) is 81.4 Å². The van der Waals surface area contributed by atoms with Gasteiger partial charge in [0.25, 0.3) is 0 Å². The zero-order valence-corrected chi connectivity index (χ0v) is 13.7. The van der Waals surface area contributed by atoms with Crippen LogP contribution in [0, 0.1) is 0 Å². The summed E-state index contributed by atoms with van der Waals surface area (Å²) in [6.45, 7) is 5.04. The summed E-state index contributed by atoms with van der Waals surface area (Å²) in [4.78, 5) is 0. The van der Waals surface area contributed by atoms with Gasteiger partial charge in [-0.2, -0.15) is 10.2 Å². The molecule has 2 aromatic heterocycles. The first-order valence-corrected chi connectivity index (χ1v) is 7.98. The Labute approximate surface area is 140 Å². The zero-order valence-electron chi connectivity index (χ0n) is 13.7. The summed E-state index contributed by atoms with van der Waals surface area (Å²) in [5.41, 5.74) is 6.46. The van der Waals surface area contributed by atoms with Crippen molar-refractivity contribution in [1.29, 1.82) is 0 Å². The van der Waals surface area contributed by atoms with Crippen LogP contribution in [0.4, 0.5) is 5.69 Å². The molecular formula is C18H20N6. The standard InChI is InChI=1S/C18H20N6/c1-18(2)10-17(19-11-13-5-7-20-23-13)14-4-3-12(9-16(14)22-18)15-6-8-21-24-15/h3-10,19,22H,11H2,1-2H3,(H,20,23)(H,21,24). The minimum atomic E-state index is -0.129. The highest BCUT2D eigenvalue weighted by Gasteiger charge is 2.24. The lowest BCUT2D eigenvalue weighted by Gasteiger charge is -2.33. The Morgan fingerprint density at radius 3 is 2.62 bits per heavy atom. The lowest BCUT2D eigenvalue weighted by Crippen LogP contribution is -2.34. The van der Waals surface area contributed by atoms with E-state index in [-0.39, 0.29) is 5.54 Å². The molecule has 122 valence electrons. The average molecular weight is 320 g/mol. The number of benzene rings is 1. The molecule has 4 rings (SSSR count). The summed E-state index contributed by atoms with van der Waals surface area (Å²) < 4.78 is 0. The van der Waals surface area contributed by atoms with Gasteiger partial charge >= 0.3 is 0 Å². The molecule has 3 heterocycles. The summed E-state index contributed by atoms with van der Waals surface area (Å²) in [5.74, 6) is 0. The molecule has 0 radical (unpaired) electrons. The predicted octanol–water partition coefficient (Wildman–Crippen LogP) is 3.13. The summed E-state index contributed by atoms with van der Waals surface area (Å²) >= 11 is 0. The third kappa shape index (κ3) is 2.78. The number of nitrogens with one attached hydrogen (secondary N) is 4. The van der Waals surface area contributed by atoms with Crippen molar-refractivity contribution in [3.63, 3.8) is 0 Å². The summed E-state index contributed by atoms with van der Waals surface area (Å²) in [7, 11) is 0. The molecule has 0 aliphatic carbocycles. The largest absolute Gasteiger partial charge is 0.379 e. The number of hydrogen-bond donors (Lipinski definition) is 4. The fraction of sp³-hybridized carbons (Fsp3) is 0.222. The maximum absolute atomic E-state index is 4.03. The molecule has 6 nitrogen and oxygen atoms in total. The summed E-state index contributed by atoms with van der Waals surface area (Å²) in [6.07, 6.45) is 5.76. The Hall–Kier alpha value is -3.02. The number of hydrogen-bond acceptors (Lipinski definition) is 4. The first kappa shape index (κ1) is 14.6. The van der Waals surface area contributed by atoms with E-state index in [0.29, 0.717) is 6.54 Å². The van der Waals surface area contributed by atoms with Crippen LogP contribution in [-0.4, -0.2) is 25.9 Å². The fourth-order valence-electron chi connectivity index (χ4n) is 3.01. The smallest absolute Gasteiger partial charge is 0.0650 e. The normalized spacial score (nSPS) is 15.3. The Kier molecular flexibility index (Phi) is 3.37. The van der Waals surface area contributed by atoms with E-state index in [1.165, 1.54) is 0 Å². The molecule has 0 atom stereocenters. The van der Waals surface area contributed by atoms with Crippen molar-refractivity contribution in [3.05, 3.63) is 60.1 Å². The highest BCUT2D eigenvalue weighted by Crippen LogP contribution is 2.35. The maximum Gasteiger partial charge on any atom is 0.0650 e. The van der Waals surface area contributed by atoms with Crippen LogP contribution in [-0.2, 0) is 6.54 Å². The molecule has 4 N–H and O–H groups in total. The highest BCUT2D eigenvalue weighted by atomic mass is 15.1. The average Bonchev–Trinajstić information content (AvgIpc) is 3.24. The van der Waals surface area contributed by atoms with E-state index in [0.717, 1.165) is 33.9 Å². The van der Waals surface area contributed by atoms with E-state index in [9.17, 15) is 0 Å². The van der Waals surface area contributed by atoms with Gasteiger partial charge in [-0.05, 0) is 38.1 Å². The second kappa shape index (κ2) is 5.56. The Balaban J connectivity index is 1.66. The van der Waals surface area contributed by atoms with Crippen LogP contribution < -0.4 is 10.6 Å². The number of nitrogens with zero attached hydrogens (tertiary/aromatic N) is 2. The van der Waals surface area contributed by atoms with E-state index in [1.807, 2.05) is 12.1 Å². The van der Waals surface area contributed by atoms with E-state index in [1.54, 1.807) is 12.4 Å². The molecule has 3 aromatic rings. The zero-order chi connectivity index (χ0) is 16.6. The number of fused-ring (bicyclic) bond motifs is 1. The summed E-state index contributed by atoms with van der Waals surface area (Å²) in [5, 5.41) is 21.1. The quantitative estimate of drug-likeness (QED) is 0.595. The van der Waals surface area contributed by atoms with Gasteiger partial charge in [-0.25, -0.2) is 0 Å². The van der Waals surface area contributed by atoms with Crippen molar-refractivity contribution in [1.82, 2.24) is 25.7 Å². The van der Waals surface area contributed by atoms with E-state index in [2.05, 4.69) is 69.2 Å². The Morgan fingerprint density at radius 1 is 1.04 bits per heavy atom. The third-order valence-corrected chi connectivity index (χ3v) is 4.11. The van der Waals surface area contributed by atoms with Crippen LogP contribution in [0.15, 0.2) is 48.8 Å².